The molecule has 0 aliphatic heterocycles. The Morgan fingerprint density at radius 1 is 1.00 bits per heavy atom. The van der Waals surface area contributed by atoms with Crippen molar-refractivity contribution in [3.05, 3.63) is 79.8 Å². The smallest absolute Gasteiger partial charge is 0.388 e. The second kappa shape index (κ2) is 6.83. The second-order valence-corrected chi connectivity index (χ2v) is 5.88. The predicted molar refractivity (Wildman–Crippen MR) is 100 cm³/mol. The van der Waals surface area contributed by atoms with Gasteiger partial charge in [-0.3, -0.25) is 24.6 Å². The first-order chi connectivity index (χ1) is 13.5. The first-order valence-corrected chi connectivity index (χ1v) is 8.20. The second-order valence-electron chi connectivity index (χ2n) is 5.88. The maximum atomic E-state index is 12.4. The summed E-state index contributed by atoms with van der Waals surface area (Å²) in [5.74, 6) is -1.31. The normalized spacial score (nSPS) is 10.9. The summed E-state index contributed by atoms with van der Waals surface area (Å²) in [5, 5.41) is 11.1. The Hall–Kier alpha value is -4.21. The number of amides is 1. The van der Waals surface area contributed by atoms with Crippen molar-refractivity contribution in [2.24, 2.45) is 0 Å². The third-order valence-electron chi connectivity index (χ3n) is 4.02. The van der Waals surface area contributed by atoms with Crippen LogP contribution in [0.25, 0.3) is 22.2 Å². The minimum Gasteiger partial charge on any atom is -0.388 e. The van der Waals surface area contributed by atoms with Gasteiger partial charge < -0.3 is 9.73 Å². The zero-order valence-electron chi connectivity index (χ0n) is 14.3. The molecule has 2 heterocycles. The Bertz CT molecular complexity index is 1350. The molecule has 4 aromatic rings. The molecule has 0 unspecified atom stereocenters. The van der Waals surface area contributed by atoms with Crippen LogP contribution in [0.3, 0.4) is 0 Å². The summed E-state index contributed by atoms with van der Waals surface area (Å²) in [6.07, 6.45) is 0. The van der Waals surface area contributed by atoms with Crippen LogP contribution in [0.2, 0.25) is 0 Å². The zero-order valence-corrected chi connectivity index (χ0v) is 14.3. The van der Waals surface area contributed by atoms with Crippen LogP contribution >= 0.6 is 0 Å². The van der Waals surface area contributed by atoms with Crippen molar-refractivity contribution in [2.45, 2.75) is 6.54 Å². The van der Waals surface area contributed by atoms with E-state index in [2.05, 4.69) is 20.6 Å². The predicted octanol–water partition coefficient (Wildman–Crippen LogP) is 0.672. The van der Waals surface area contributed by atoms with E-state index in [0.29, 0.717) is 5.56 Å². The van der Waals surface area contributed by atoms with E-state index < -0.39 is 29.3 Å². The number of hydrogen-bond donors (Lipinski definition) is 3. The highest BCUT2D eigenvalue weighted by Crippen LogP contribution is 2.17. The summed E-state index contributed by atoms with van der Waals surface area (Å²) in [5.41, 5.74) is -0.311. The number of carbonyl (C=O) groups excluding carboxylic acids is 1. The average Bonchev–Trinajstić information content (AvgIpc) is 3.06. The molecule has 2 aromatic heterocycles. The van der Waals surface area contributed by atoms with Gasteiger partial charge in [0.15, 0.2) is 0 Å². The molecule has 0 aliphatic rings. The van der Waals surface area contributed by atoms with Gasteiger partial charge in [0.1, 0.15) is 6.54 Å². The van der Waals surface area contributed by atoms with Crippen LogP contribution in [0, 0.1) is 0 Å². The van der Waals surface area contributed by atoms with Crippen molar-refractivity contribution in [1.29, 1.82) is 0 Å². The molecule has 0 saturated carbocycles. The van der Waals surface area contributed by atoms with Gasteiger partial charge in [-0.25, -0.2) is 4.79 Å². The SMILES string of the molecule is O=C(Cn1nc(-c2ccccc2)oc1=O)Nc1cccc2c(=O)[nH][nH]c(=O)c12. The number of benzene rings is 2. The number of fused-ring (bicyclic) bond motifs is 1. The fraction of sp³-hybridized carbons (Fsp3) is 0.0556. The topological polar surface area (TPSA) is 143 Å². The molecule has 0 spiro atoms. The molecule has 140 valence electrons. The Morgan fingerprint density at radius 3 is 2.54 bits per heavy atom. The van der Waals surface area contributed by atoms with Crippen LogP contribution in [0.15, 0.2) is 67.3 Å². The lowest BCUT2D eigenvalue weighted by Gasteiger charge is -2.07. The number of aromatic amines is 2. The fourth-order valence-corrected chi connectivity index (χ4v) is 2.76. The molecule has 28 heavy (non-hydrogen) atoms. The largest absolute Gasteiger partial charge is 0.437 e. The van der Waals surface area contributed by atoms with Crippen LogP contribution in [-0.2, 0) is 11.3 Å². The molecular formula is C18H13N5O5. The number of nitrogens with one attached hydrogen (secondary N) is 3. The van der Waals surface area contributed by atoms with Crippen molar-refractivity contribution >= 4 is 22.4 Å². The van der Waals surface area contributed by atoms with Crippen LogP contribution in [0.1, 0.15) is 0 Å². The molecule has 0 fully saturated rings. The number of hydrogen-bond acceptors (Lipinski definition) is 6. The van der Waals surface area contributed by atoms with Gasteiger partial charge in [0.2, 0.25) is 11.8 Å². The van der Waals surface area contributed by atoms with Gasteiger partial charge in [0, 0.05) is 5.56 Å². The van der Waals surface area contributed by atoms with Crippen LogP contribution < -0.4 is 22.2 Å². The Balaban J connectivity index is 1.61. The number of rotatable bonds is 4. The van der Waals surface area contributed by atoms with E-state index in [4.69, 9.17) is 4.42 Å². The summed E-state index contributed by atoms with van der Waals surface area (Å²) in [6.45, 7) is -0.424. The third-order valence-corrected chi connectivity index (χ3v) is 4.02. The minimum absolute atomic E-state index is 0.0390. The van der Waals surface area contributed by atoms with Crippen LogP contribution in [0.4, 0.5) is 5.69 Å². The van der Waals surface area contributed by atoms with E-state index in [1.807, 2.05) is 6.07 Å². The van der Waals surface area contributed by atoms with E-state index in [1.54, 1.807) is 24.3 Å². The molecular weight excluding hydrogens is 366 g/mol. The van der Waals surface area contributed by atoms with E-state index in [-0.39, 0.29) is 22.4 Å². The molecule has 10 nitrogen and oxygen atoms in total. The van der Waals surface area contributed by atoms with Crippen LogP contribution in [0.5, 0.6) is 0 Å². The minimum atomic E-state index is -0.791. The van der Waals surface area contributed by atoms with Crippen molar-refractivity contribution < 1.29 is 9.21 Å². The summed E-state index contributed by atoms with van der Waals surface area (Å²) < 4.78 is 5.95. The molecule has 0 bridgehead atoms. The lowest BCUT2D eigenvalue weighted by Crippen LogP contribution is -2.27. The lowest BCUT2D eigenvalue weighted by atomic mass is 10.1. The van der Waals surface area contributed by atoms with Gasteiger partial charge in [0.05, 0.1) is 16.5 Å². The van der Waals surface area contributed by atoms with Crippen molar-refractivity contribution in [3.63, 3.8) is 0 Å². The van der Waals surface area contributed by atoms with Gasteiger partial charge >= 0.3 is 5.76 Å². The fourth-order valence-electron chi connectivity index (χ4n) is 2.76. The highest BCUT2D eigenvalue weighted by Gasteiger charge is 2.15. The lowest BCUT2D eigenvalue weighted by molar-refractivity contribution is -0.117. The Labute approximate surface area is 155 Å². The third kappa shape index (κ3) is 3.14. The first kappa shape index (κ1) is 17.2. The van der Waals surface area contributed by atoms with E-state index in [1.165, 1.54) is 18.2 Å². The molecule has 1 amide bonds. The maximum Gasteiger partial charge on any atom is 0.437 e. The van der Waals surface area contributed by atoms with Gasteiger partial charge in [-0.2, -0.15) is 4.68 Å². The monoisotopic (exact) mass is 379 g/mol. The maximum absolute atomic E-state index is 12.4. The molecule has 3 N–H and O–H groups in total. The van der Waals surface area contributed by atoms with Gasteiger partial charge in [-0.1, -0.05) is 24.3 Å². The summed E-state index contributed by atoms with van der Waals surface area (Å²) >= 11 is 0. The van der Waals surface area contributed by atoms with Crippen molar-refractivity contribution in [3.8, 4) is 11.5 Å². The zero-order chi connectivity index (χ0) is 19.7. The van der Waals surface area contributed by atoms with Gasteiger partial charge in [-0.05, 0) is 24.3 Å². The Morgan fingerprint density at radius 2 is 1.75 bits per heavy atom. The molecule has 10 heteroatoms. The number of anilines is 1. The summed E-state index contributed by atoms with van der Waals surface area (Å²) in [7, 11) is 0. The first-order valence-electron chi connectivity index (χ1n) is 8.20. The number of carbonyl (C=O) groups is 1. The molecule has 2 aromatic carbocycles. The average molecular weight is 379 g/mol. The van der Waals surface area contributed by atoms with Crippen molar-refractivity contribution in [2.75, 3.05) is 5.32 Å². The number of aromatic nitrogens is 4. The highest BCUT2D eigenvalue weighted by molar-refractivity contribution is 6.01. The van der Waals surface area contributed by atoms with Crippen molar-refractivity contribution in [1.82, 2.24) is 20.0 Å². The molecule has 0 radical (unpaired) electrons. The molecule has 0 saturated heterocycles. The quantitative estimate of drug-likeness (QED) is 0.476. The number of H-pyrrole nitrogens is 2. The molecule has 4 rings (SSSR count). The Kier molecular flexibility index (Phi) is 4.20. The van der Waals surface area contributed by atoms with Gasteiger partial charge in [-0.15, -0.1) is 5.10 Å². The van der Waals surface area contributed by atoms with E-state index >= 15 is 0 Å². The van der Waals surface area contributed by atoms with Crippen LogP contribution in [-0.4, -0.2) is 25.9 Å². The highest BCUT2D eigenvalue weighted by atomic mass is 16.4. The summed E-state index contributed by atoms with van der Waals surface area (Å²) in [6, 6.07) is 13.3. The standard InChI is InChI=1S/C18H13N5O5/c24-13(9-23-18(27)28-17(22-23)10-5-2-1-3-6-10)19-12-8-4-7-11-14(12)16(26)21-20-15(11)25/h1-8H,9H2,(H,19,24)(H,20,25)(H,21,26). The summed E-state index contributed by atoms with van der Waals surface area (Å²) in [4.78, 5) is 48.2. The molecule has 0 aliphatic carbocycles. The van der Waals surface area contributed by atoms with E-state index in [0.717, 1.165) is 4.68 Å². The molecule has 0 atom stereocenters. The van der Waals surface area contributed by atoms with E-state index in [9.17, 15) is 19.2 Å². The van der Waals surface area contributed by atoms with Gasteiger partial charge in [0.25, 0.3) is 11.1 Å². The number of nitrogens with zero attached hydrogens (tertiary/aromatic N) is 2.